The fourth-order valence-corrected chi connectivity index (χ4v) is 5.70. The SMILES string of the molecule is CCC(C(=O)Nc1ccc(S(=O)(=O)Nc2ccccn2)cc1)N(c1ccc(C)c(C)c1)S(C)(=O)=O. The van der Waals surface area contributed by atoms with Gasteiger partial charge in [-0.15, -0.1) is 0 Å². The molecule has 0 radical (unpaired) electrons. The molecule has 0 spiro atoms. The summed E-state index contributed by atoms with van der Waals surface area (Å²) < 4.78 is 54.0. The van der Waals surface area contributed by atoms with Gasteiger partial charge in [0, 0.05) is 11.9 Å². The van der Waals surface area contributed by atoms with Crippen LogP contribution in [0.4, 0.5) is 17.2 Å². The number of amides is 1. The van der Waals surface area contributed by atoms with Gasteiger partial charge in [-0.25, -0.2) is 21.8 Å². The van der Waals surface area contributed by atoms with E-state index in [0.29, 0.717) is 11.4 Å². The van der Waals surface area contributed by atoms with Crippen molar-refractivity contribution in [3.05, 3.63) is 78.0 Å². The van der Waals surface area contributed by atoms with Crippen LogP contribution in [0.3, 0.4) is 0 Å². The van der Waals surface area contributed by atoms with E-state index in [1.807, 2.05) is 19.9 Å². The molecule has 186 valence electrons. The van der Waals surface area contributed by atoms with Gasteiger partial charge in [0.1, 0.15) is 11.9 Å². The normalized spacial score (nSPS) is 12.6. The van der Waals surface area contributed by atoms with Crippen molar-refractivity contribution in [2.45, 2.75) is 38.1 Å². The summed E-state index contributed by atoms with van der Waals surface area (Å²) in [5, 5.41) is 2.70. The lowest BCUT2D eigenvalue weighted by Crippen LogP contribution is -2.47. The second-order valence-electron chi connectivity index (χ2n) is 8.09. The Bertz CT molecular complexity index is 1410. The molecule has 2 N–H and O–H groups in total. The molecule has 0 bridgehead atoms. The molecule has 0 aliphatic heterocycles. The van der Waals surface area contributed by atoms with Crippen molar-refractivity contribution in [2.24, 2.45) is 0 Å². The van der Waals surface area contributed by atoms with Gasteiger partial charge >= 0.3 is 0 Å². The number of sulfonamides is 2. The minimum atomic E-state index is -3.87. The summed E-state index contributed by atoms with van der Waals surface area (Å²) in [4.78, 5) is 17.1. The van der Waals surface area contributed by atoms with Gasteiger partial charge in [-0.3, -0.25) is 13.8 Å². The third-order valence-corrected chi connectivity index (χ3v) is 7.96. The lowest BCUT2D eigenvalue weighted by atomic mass is 10.1. The molecule has 3 rings (SSSR count). The highest BCUT2D eigenvalue weighted by Gasteiger charge is 2.31. The summed E-state index contributed by atoms with van der Waals surface area (Å²) in [6.45, 7) is 5.52. The van der Waals surface area contributed by atoms with Crippen LogP contribution in [0.25, 0.3) is 0 Å². The Balaban J connectivity index is 1.82. The van der Waals surface area contributed by atoms with Gasteiger partial charge in [0.05, 0.1) is 16.8 Å². The Morgan fingerprint density at radius 3 is 2.20 bits per heavy atom. The first-order chi connectivity index (χ1) is 16.4. The van der Waals surface area contributed by atoms with Crippen LogP contribution in [0.15, 0.2) is 71.8 Å². The number of hydrogen-bond acceptors (Lipinski definition) is 6. The number of benzene rings is 2. The van der Waals surface area contributed by atoms with Gasteiger partial charge in [-0.2, -0.15) is 0 Å². The zero-order valence-electron chi connectivity index (χ0n) is 19.9. The van der Waals surface area contributed by atoms with Crippen molar-refractivity contribution in [3.63, 3.8) is 0 Å². The predicted molar refractivity (Wildman–Crippen MR) is 137 cm³/mol. The molecule has 2 aromatic carbocycles. The molecule has 1 aromatic heterocycles. The topological polar surface area (TPSA) is 126 Å². The van der Waals surface area contributed by atoms with Gasteiger partial charge in [0.15, 0.2) is 0 Å². The molecular formula is C24H28N4O5S2. The van der Waals surface area contributed by atoms with E-state index in [1.165, 1.54) is 36.5 Å². The van der Waals surface area contributed by atoms with Crippen LogP contribution in [-0.4, -0.2) is 40.0 Å². The zero-order chi connectivity index (χ0) is 25.8. The van der Waals surface area contributed by atoms with Crippen molar-refractivity contribution < 1.29 is 21.6 Å². The maximum atomic E-state index is 13.1. The van der Waals surface area contributed by atoms with Gasteiger partial charge in [0.2, 0.25) is 15.9 Å². The number of pyridine rings is 1. The molecule has 0 saturated carbocycles. The number of carbonyl (C=O) groups excluding carboxylic acids is 1. The summed E-state index contributed by atoms with van der Waals surface area (Å²) in [5.74, 6) is -0.346. The van der Waals surface area contributed by atoms with Gasteiger partial charge in [-0.05, 0) is 79.9 Å². The number of nitrogens with zero attached hydrogens (tertiary/aromatic N) is 2. The maximum Gasteiger partial charge on any atom is 0.263 e. The highest BCUT2D eigenvalue weighted by atomic mass is 32.2. The van der Waals surface area contributed by atoms with E-state index < -0.39 is 32.0 Å². The minimum Gasteiger partial charge on any atom is -0.324 e. The highest BCUT2D eigenvalue weighted by molar-refractivity contribution is 7.92. The third-order valence-electron chi connectivity index (χ3n) is 5.41. The molecule has 0 saturated heterocycles. The molecule has 0 aliphatic rings. The number of carbonyl (C=O) groups is 1. The Morgan fingerprint density at radius 1 is 0.971 bits per heavy atom. The number of rotatable bonds is 9. The van der Waals surface area contributed by atoms with Crippen LogP contribution in [0.5, 0.6) is 0 Å². The first kappa shape index (κ1) is 26.2. The number of anilines is 3. The van der Waals surface area contributed by atoms with Gasteiger partial charge in [-0.1, -0.05) is 19.1 Å². The smallest absolute Gasteiger partial charge is 0.263 e. The fourth-order valence-electron chi connectivity index (χ4n) is 3.49. The lowest BCUT2D eigenvalue weighted by Gasteiger charge is -2.30. The standard InChI is InChI=1S/C24H28N4O5S2/c1-5-22(28(34(4,30)31)20-12-9-17(2)18(3)16-20)24(29)26-19-10-13-21(14-11-19)35(32,33)27-23-8-6-7-15-25-23/h6-16,22H,5H2,1-4H3,(H,25,27)(H,26,29). The van der Waals surface area contributed by atoms with E-state index in [4.69, 9.17) is 0 Å². The second kappa shape index (κ2) is 10.4. The average Bonchev–Trinajstić information content (AvgIpc) is 2.79. The number of aromatic nitrogens is 1. The summed E-state index contributed by atoms with van der Waals surface area (Å²) in [5.41, 5.74) is 2.65. The van der Waals surface area contributed by atoms with Crippen LogP contribution in [0, 0.1) is 13.8 Å². The summed E-state index contributed by atoms with van der Waals surface area (Å²) in [6, 6.07) is 14.7. The Labute approximate surface area is 206 Å². The average molecular weight is 517 g/mol. The fraction of sp³-hybridized carbons (Fsp3) is 0.250. The van der Waals surface area contributed by atoms with E-state index in [-0.39, 0.29) is 17.1 Å². The Kier molecular flexibility index (Phi) is 7.81. The van der Waals surface area contributed by atoms with E-state index >= 15 is 0 Å². The van der Waals surface area contributed by atoms with Crippen LogP contribution in [-0.2, 0) is 24.8 Å². The minimum absolute atomic E-state index is 0.0129. The van der Waals surface area contributed by atoms with Crippen LogP contribution < -0.4 is 14.3 Å². The Hall–Kier alpha value is -3.44. The van der Waals surface area contributed by atoms with Crippen molar-refractivity contribution in [1.29, 1.82) is 0 Å². The predicted octanol–water partition coefficient (Wildman–Crippen LogP) is 3.68. The van der Waals surface area contributed by atoms with Crippen molar-refractivity contribution >= 4 is 43.1 Å². The molecule has 1 heterocycles. The molecule has 1 amide bonds. The summed E-state index contributed by atoms with van der Waals surface area (Å²) in [6.07, 6.45) is 2.76. The van der Waals surface area contributed by atoms with Crippen molar-refractivity contribution in [1.82, 2.24) is 4.98 Å². The highest BCUT2D eigenvalue weighted by Crippen LogP contribution is 2.26. The molecule has 1 unspecified atom stereocenters. The van der Waals surface area contributed by atoms with E-state index in [0.717, 1.165) is 21.7 Å². The second-order valence-corrected chi connectivity index (χ2v) is 11.6. The molecule has 3 aromatic rings. The summed E-state index contributed by atoms with van der Waals surface area (Å²) >= 11 is 0. The summed E-state index contributed by atoms with van der Waals surface area (Å²) in [7, 11) is -7.64. The Morgan fingerprint density at radius 2 is 1.66 bits per heavy atom. The molecular weight excluding hydrogens is 488 g/mol. The molecule has 35 heavy (non-hydrogen) atoms. The molecule has 1 atom stereocenters. The largest absolute Gasteiger partial charge is 0.324 e. The lowest BCUT2D eigenvalue weighted by molar-refractivity contribution is -0.117. The van der Waals surface area contributed by atoms with E-state index in [1.54, 1.807) is 31.2 Å². The molecule has 11 heteroatoms. The van der Waals surface area contributed by atoms with Crippen LogP contribution in [0.1, 0.15) is 24.5 Å². The van der Waals surface area contributed by atoms with Crippen molar-refractivity contribution in [2.75, 3.05) is 20.6 Å². The molecule has 9 nitrogen and oxygen atoms in total. The third kappa shape index (κ3) is 6.37. The quantitative estimate of drug-likeness (QED) is 0.447. The van der Waals surface area contributed by atoms with Crippen LogP contribution >= 0.6 is 0 Å². The maximum absolute atomic E-state index is 13.1. The van der Waals surface area contributed by atoms with Gasteiger partial charge in [0.25, 0.3) is 10.0 Å². The number of nitrogens with one attached hydrogen (secondary N) is 2. The zero-order valence-corrected chi connectivity index (χ0v) is 21.5. The number of aryl methyl sites for hydroxylation is 2. The van der Waals surface area contributed by atoms with Gasteiger partial charge < -0.3 is 5.32 Å². The van der Waals surface area contributed by atoms with E-state index in [9.17, 15) is 21.6 Å². The van der Waals surface area contributed by atoms with Crippen molar-refractivity contribution in [3.8, 4) is 0 Å². The number of hydrogen-bond donors (Lipinski definition) is 2. The first-order valence-electron chi connectivity index (χ1n) is 10.8. The monoisotopic (exact) mass is 516 g/mol. The van der Waals surface area contributed by atoms with E-state index in [2.05, 4.69) is 15.0 Å². The first-order valence-corrected chi connectivity index (χ1v) is 14.2. The molecule has 0 fully saturated rings. The molecule has 0 aliphatic carbocycles. The van der Waals surface area contributed by atoms with Crippen LogP contribution in [0.2, 0.25) is 0 Å².